The van der Waals surface area contributed by atoms with Crippen molar-refractivity contribution in [2.75, 3.05) is 26.5 Å². The summed E-state index contributed by atoms with van der Waals surface area (Å²) in [7, 11) is 3.29. The summed E-state index contributed by atoms with van der Waals surface area (Å²) in [4.78, 5) is 15.2. The topological polar surface area (TPSA) is 48.0 Å². The summed E-state index contributed by atoms with van der Waals surface area (Å²) in [5.74, 6) is 3.28. The van der Waals surface area contributed by atoms with Crippen LogP contribution >= 0.6 is 11.8 Å². The number of rotatable bonds is 4. The van der Waals surface area contributed by atoms with E-state index in [9.17, 15) is 4.79 Å². The molecule has 2 atom stereocenters. The molecule has 2 aromatic carbocycles. The van der Waals surface area contributed by atoms with Gasteiger partial charge in [0, 0.05) is 17.9 Å². The van der Waals surface area contributed by atoms with Gasteiger partial charge in [0.25, 0.3) is 5.91 Å². The van der Waals surface area contributed by atoms with Gasteiger partial charge in [0.2, 0.25) is 0 Å². The van der Waals surface area contributed by atoms with Gasteiger partial charge in [-0.1, -0.05) is 18.2 Å². The van der Waals surface area contributed by atoms with E-state index in [1.54, 1.807) is 26.0 Å². The van der Waals surface area contributed by atoms with Crippen LogP contribution in [0.2, 0.25) is 0 Å². The molecule has 1 fully saturated rings. The molecule has 2 aliphatic rings. The van der Waals surface area contributed by atoms with Gasteiger partial charge in [-0.05, 0) is 42.7 Å². The highest BCUT2D eigenvalue weighted by Crippen LogP contribution is 2.44. The van der Waals surface area contributed by atoms with Crippen molar-refractivity contribution in [2.24, 2.45) is 0 Å². The first-order chi connectivity index (χ1) is 13.2. The molecule has 0 radical (unpaired) electrons. The average Bonchev–Trinajstić information content (AvgIpc) is 3.22. The van der Waals surface area contributed by atoms with Crippen molar-refractivity contribution in [3.8, 4) is 17.2 Å². The van der Waals surface area contributed by atoms with E-state index >= 15 is 0 Å². The number of amides is 1. The van der Waals surface area contributed by atoms with E-state index in [0.717, 1.165) is 35.0 Å². The number of thioether (sulfide) groups is 1. The van der Waals surface area contributed by atoms with Crippen LogP contribution in [0.5, 0.6) is 17.2 Å². The SMILES string of the molecule is COc1ccc(OC)c(C2SCCN2C(=O)C2CCc3ccccc3O2)c1. The molecule has 1 saturated heterocycles. The van der Waals surface area contributed by atoms with E-state index in [1.807, 2.05) is 41.3 Å². The van der Waals surface area contributed by atoms with Crippen LogP contribution < -0.4 is 14.2 Å². The molecule has 2 aliphatic heterocycles. The summed E-state index contributed by atoms with van der Waals surface area (Å²) in [6.07, 6.45) is 1.14. The second-order valence-electron chi connectivity index (χ2n) is 6.62. The summed E-state index contributed by atoms with van der Waals surface area (Å²) in [5.41, 5.74) is 2.13. The van der Waals surface area contributed by atoms with E-state index in [0.29, 0.717) is 13.0 Å². The van der Waals surface area contributed by atoms with Crippen molar-refractivity contribution in [3.05, 3.63) is 53.6 Å². The number of aryl methyl sites for hydroxylation is 1. The summed E-state index contributed by atoms with van der Waals surface area (Å²) in [6, 6.07) is 13.7. The number of nitrogens with zero attached hydrogens (tertiary/aromatic N) is 1. The van der Waals surface area contributed by atoms with Crippen LogP contribution in [-0.4, -0.2) is 43.4 Å². The first-order valence-corrected chi connectivity index (χ1v) is 10.1. The Balaban J connectivity index is 1.58. The molecule has 0 aromatic heterocycles. The van der Waals surface area contributed by atoms with E-state index in [2.05, 4.69) is 6.07 Å². The lowest BCUT2D eigenvalue weighted by Crippen LogP contribution is -2.43. The Bertz CT molecular complexity index is 841. The van der Waals surface area contributed by atoms with Crippen LogP contribution in [0.1, 0.15) is 22.9 Å². The largest absolute Gasteiger partial charge is 0.497 e. The highest BCUT2D eigenvalue weighted by molar-refractivity contribution is 7.99. The minimum atomic E-state index is -0.433. The minimum Gasteiger partial charge on any atom is -0.497 e. The van der Waals surface area contributed by atoms with Crippen molar-refractivity contribution in [3.63, 3.8) is 0 Å². The number of fused-ring (bicyclic) bond motifs is 1. The Kier molecular flexibility index (Phi) is 5.16. The molecule has 0 spiro atoms. The van der Waals surface area contributed by atoms with Crippen LogP contribution in [0.3, 0.4) is 0 Å². The molecule has 5 nitrogen and oxygen atoms in total. The molecular formula is C21H23NO4S. The minimum absolute atomic E-state index is 0.0457. The third kappa shape index (κ3) is 3.46. The fourth-order valence-electron chi connectivity index (χ4n) is 3.67. The Morgan fingerprint density at radius 1 is 1.19 bits per heavy atom. The monoisotopic (exact) mass is 385 g/mol. The summed E-state index contributed by atoms with van der Waals surface area (Å²) < 4.78 is 16.9. The molecule has 0 N–H and O–H groups in total. The molecule has 2 heterocycles. The van der Waals surface area contributed by atoms with E-state index < -0.39 is 6.10 Å². The molecule has 2 unspecified atom stereocenters. The van der Waals surface area contributed by atoms with Crippen molar-refractivity contribution in [1.82, 2.24) is 4.90 Å². The van der Waals surface area contributed by atoms with E-state index in [4.69, 9.17) is 14.2 Å². The normalized spacial score (nSPS) is 21.3. The molecular weight excluding hydrogens is 362 g/mol. The van der Waals surface area contributed by atoms with Crippen molar-refractivity contribution < 1.29 is 19.0 Å². The van der Waals surface area contributed by atoms with Crippen LogP contribution in [0, 0.1) is 0 Å². The fourth-order valence-corrected chi connectivity index (χ4v) is 4.95. The molecule has 0 aliphatic carbocycles. The molecule has 6 heteroatoms. The summed E-state index contributed by atoms with van der Waals surface area (Å²) in [5, 5.41) is -0.0941. The quantitative estimate of drug-likeness (QED) is 0.804. The molecule has 1 amide bonds. The van der Waals surface area contributed by atoms with Gasteiger partial charge >= 0.3 is 0 Å². The second-order valence-corrected chi connectivity index (χ2v) is 7.80. The molecule has 0 bridgehead atoms. The van der Waals surface area contributed by atoms with E-state index in [-0.39, 0.29) is 11.3 Å². The third-order valence-corrected chi connectivity index (χ3v) is 6.31. The highest BCUT2D eigenvalue weighted by Gasteiger charge is 2.38. The highest BCUT2D eigenvalue weighted by atomic mass is 32.2. The lowest BCUT2D eigenvalue weighted by atomic mass is 10.0. The maximum Gasteiger partial charge on any atom is 0.264 e. The number of carbonyl (C=O) groups is 1. The van der Waals surface area contributed by atoms with Crippen LogP contribution in [0.4, 0.5) is 0 Å². The van der Waals surface area contributed by atoms with Gasteiger partial charge in [0.1, 0.15) is 22.6 Å². The number of para-hydroxylation sites is 1. The van der Waals surface area contributed by atoms with Crippen molar-refractivity contribution >= 4 is 17.7 Å². The van der Waals surface area contributed by atoms with Gasteiger partial charge in [0.15, 0.2) is 6.10 Å². The number of ether oxygens (including phenoxy) is 3. The Morgan fingerprint density at radius 2 is 2.04 bits per heavy atom. The number of hydrogen-bond donors (Lipinski definition) is 0. The standard InChI is InChI=1S/C21H23NO4S/c1-24-15-8-10-18(25-2)16(13-15)21-22(11-12-27-21)20(23)19-9-7-14-5-3-4-6-17(14)26-19/h3-6,8,10,13,19,21H,7,9,11-12H2,1-2H3. The molecule has 2 aromatic rings. The third-order valence-electron chi connectivity index (χ3n) is 5.07. The maximum absolute atomic E-state index is 13.3. The van der Waals surface area contributed by atoms with Crippen LogP contribution in [0.25, 0.3) is 0 Å². The first kappa shape index (κ1) is 18.0. The van der Waals surface area contributed by atoms with Gasteiger partial charge in [0.05, 0.1) is 14.2 Å². The summed E-state index contributed by atoms with van der Waals surface area (Å²) >= 11 is 1.74. The van der Waals surface area contributed by atoms with Gasteiger partial charge < -0.3 is 19.1 Å². The van der Waals surface area contributed by atoms with Gasteiger partial charge in [-0.3, -0.25) is 4.79 Å². The lowest BCUT2D eigenvalue weighted by molar-refractivity contribution is -0.139. The van der Waals surface area contributed by atoms with Crippen molar-refractivity contribution in [1.29, 1.82) is 0 Å². The van der Waals surface area contributed by atoms with Gasteiger partial charge in [-0.2, -0.15) is 0 Å². The molecule has 0 saturated carbocycles. The second kappa shape index (κ2) is 7.72. The van der Waals surface area contributed by atoms with Crippen LogP contribution in [-0.2, 0) is 11.2 Å². The average molecular weight is 385 g/mol. The Labute approximate surface area is 163 Å². The predicted octanol–water partition coefficient (Wildman–Crippen LogP) is 3.67. The molecule has 27 heavy (non-hydrogen) atoms. The first-order valence-electron chi connectivity index (χ1n) is 9.10. The number of benzene rings is 2. The molecule has 4 rings (SSSR count). The number of carbonyl (C=O) groups excluding carboxylic acids is 1. The zero-order valence-corrected chi connectivity index (χ0v) is 16.3. The fraction of sp³-hybridized carbons (Fsp3) is 0.381. The van der Waals surface area contributed by atoms with Gasteiger partial charge in [-0.25, -0.2) is 0 Å². The Hall–Kier alpha value is -2.34. The van der Waals surface area contributed by atoms with Crippen molar-refractivity contribution in [2.45, 2.75) is 24.3 Å². The number of hydrogen-bond acceptors (Lipinski definition) is 5. The zero-order chi connectivity index (χ0) is 18.8. The predicted molar refractivity (Wildman–Crippen MR) is 106 cm³/mol. The molecule has 142 valence electrons. The maximum atomic E-state index is 13.3. The smallest absolute Gasteiger partial charge is 0.264 e. The number of methoxy groups -OCH3 is 2. The zero-order valence-electron chi connectivity index (χ0n) is 15.5. The van der Waals surface area contributed by atoms with E-state index in [1.165, 1.54) is 5.56 Å². The summed E-state index contributed by atoms with van der Waals surface area (Å²) in [6.45, 7) is 0.704. The van der Waals surface area contributed by atoms with Crippen LogP contribution in [0.15, 0.2) is 42.5 Å². The van der Waals surface area contributed by atoms with Gasteiger partial charge in [-0.15, -0.1) is 11.8 Å². The Morgan fingerprint density at radius 3 is 2.85 bits per heavy atom. The lowest BCUT2D eigenvalue weighted by Gasteiger charge is -2.32.